The zero-order chi connectivity index (χ0) is 12.3. The number of hydrogen-bond donors (Lipinski definition) is 3. The van der Waals surface area contributed by atoms with Crippen LogP contribution in [0.25, 0.3) is 0 Å². The van der Waals surface area contributed by atoms with E-state index >= 15 is 0 Å². The van der Waals surface area contributed by atoms with E-state index in [4.69, 9.17) is 5.73 Å². The smallest absolute Gasteiger partial charge is 0.254 e. The molecule has 0 aromatic heterocycles. The van der Waals surface area contributed by atoms with E-state index in [1.54, 1.807) is 17.0 Å². The molecule has 1 saturated heterocycles. The number of carbonyl (C=O) groups is 1. The Kier molecular flexibility index (Phi) is 3.49. The lowest BCUT2D eigenvalue weighted by atomic mass is 10.1. The Morgan fingerprint density at radius 3 is 2.94 bits per heavy atom. The van der Waals surface area contributed by atoms with Crippen molar-refractivity contribution in [1.29, 1.82) is 0 Å². The molecular weight excluding hydrogens is 218 g/mol. The van der Waals surface area contributed by atoms with E-state index in [2.05, 4.69) is 5.32 Å². The van der Waals surface area contributed by atoms with Gasteiger partial charge < -0.3 is 21.1 Å². The van der Waals surface area contributed by atoms with E-state index in [-0.39, 0.29) is 11.7 Å². The van der Waals surface area contributed by atoms with Gasteiger partial charge in [-0.15, -0.1) is 0 Å². The largest absolute Gasteiger partial charge is 0.506 e. The maximum absolute atomic E-state index is 12.2. The highest BCUT2D eigenvalue weighted by Gasteiger charge is 2.17. The van der Waals surface area contributed by atoms with Gasteiger partial charge in [-0.2, -0.15) is 0 Å². The van der Waals surface area contributed by atoms with Gasteiger partial charge in [0.15, 0.2) is 0 Å². The molecule has 5 heteroatoms. The molecule has 1 fully saturated rings. The van der Waals surface area contributed by atoms with Crippen molar-refractivity contribution in [3.8, 4) is 5.75 Å². The zero-order valence-corrected chi connectivity index (χ0v) is 9.65. The maximum Gasteiger partial charge on any atom is 0.254 e. The number of anilines is 1. The molecule has 0 aliphatic carbocycles. The summed E-state index contributed by atoms with van der Waals surface area (Å²) in [6.45, 7) is 3.20. The summed E-state index contributed by atoms with van der Waals surface area (Å²) in [7, 11) is 0. The lowest BCUT2D eigenvalue weighted by Gasteiger charge is -2.20. The Hall–Kier alpha value is -1.75. The Labute approximate surface area is 100 Å². The molecule has 0 atom stereocenters. The highest BCUT2D eigenvalue weighted by Crippen LogP contribution is 2.21. The molecule has 1 amide bonds. The lowest BCUT2D eigenvalue weighted by molar-refractivity contribution is 0.0766. The van der Waals surface area contributed by atoms with E-state index < -0.39 is 0 Å². The van der Waals surface area contributed by atoms with Crippen molar-refractivity contribution >= 4 is 11.6 Å². The molecule has 0 radical (unpaired) electrons. The molecule has 0 bridgehead atoms. The van der Waals surface area contributed by atoms with Crippen LogP contribution in [-0.2, 0) is 0 Å². The molecule has 1 aliphatic rings. The number of nitrogens with zero attached hydrogens (tertiary/aromatic N) is 1. The van der Waals surface area contributed by atoms with Crippen molar-refractivity contribution < 1.29 is 9.90 Å². The summed E-state index contributed by atoms with van der Waals surface area (Å²) < 4.78 is 0. The number of nitrogen functional groups attached to an aromatic ring is 1. The molecule has 4 N–H and O–H groups in total. The molecule has 0 unspecified atom stereocenters. The van der Waals surface area contributed by atoms with Crippen molar-refractivity contribution in [2.24, 2.45) is 0 Å². The van der Waals surface area contributed by atoms with Gasteiger partial charge in [0.1, 0.15) is 5.75 Å². The predicted octanol–water partition coefficient (Wildman–Crippen LogP) is 0.410. The molecule has 0 saturated carbocycles. The van der Waals surface area contributed by atoms with Crippen LogP contribution in [0.2, 0.25) is 0 Å². The number of carbonyl (C=O) groups excluding carboxylic acids is 1. The molecular formula is C12H17N3O2. The van der Waals surface area contributed by atoms with E-state index in [1.165, 1.54) is 6.07 Å². The van der Waals surface area contributed by atoms with Gasteiger partial charge in [-0.05, 0) is 31.2 Å². The van der Waals surface area contributed by atoms with E-state index in [0.29, 0.717) is 17.8 Å². The maximum atomic E-state index is 12.2. The summed E-state index contributed by atoms with van der Waals surface area (Å²) in [6, 6.07) is 4.63. The van der Waals surface area contributed by atoms with Crippen LogP contribution in [0.3, 0.4) is 0 Å². The Balaban J connectivity index is 2.14. The third kappa shape index (κ3) is 2.68. The number of nitrogens with one attached hydrogen (secondary N) is 1. The number of amides is 1. The standard InChI is InChI=1S/C12H17N3O2/c13-10-3-2-9(8-11(10)16)12(17)15-6-1-4-14-5-7-15/h2-3,8,14,16H,1,4-7,13H2. The van der Waals surface area contributed by atoms with Crippen LogP contribution in [0.15, 0.2) is 18.2 Å². The van der Waals surface area contributed by atoms with Gasteiger partial charge in [0.25, 0.3) is 5.91 Å². The first-order valence-corrected chi connectivity index (χ1v) is 5.77. The number of rotatable bonds is 1. The number of phenolic OH excluding ortho intramolecular Hbond substituents is 1. The highest BCUT2D eigenvalue weighted by atomic mass is 16.3. The van der Waals surface area contributed by atoms with Gasteiger partial charge in [0, 0.05) is 25.2 Å². The normalized spacial score (nSPS) is 16.6. The summed E-state index contributed by atoms with van der Waals surface area (Å²) in [6.07, 6.45) is 0.951. The van der Waals surface area contributed by atoms with Crippen molar-refractivity contribution in [3.63, 3.8) is 0 Å². The first kappa shape index (κ1) is 11.7. The minimum absolute atomic E-state index is 0.0382. The quantitative estimate of drug-likeness (QED) is 0.486. The zero-order valence-electron chi connectivity index (χ0n) is 9.65. The number of benzene rings is 1. The molecule has 1 aliphatic heterocycles. The average molecular weight is 235 g/mol. The summed E-state index contributed by atoms with van der Waals surface area (Å²) in [5.41, 5.74) is 6.28. The van der Waals surface area contributed by atoms with Gasteiger partial charge in [-0.25, -0.2) is 0 Å². The molecule has 92 valence electrons. The third-order valence-electron chi connectivity index (χ3n) is 2.90. The number of hydrogen-bond acceptors (Lipinski definition) is 4. The number of nitrogens with two attached hydrogens (primary N) is 1. The Bertz CT molecular complexity index is 412. The van der Waals surface area contributed by atoms with Gasteiger partial charge in [-0.1, -0.05) is 0 Å². The molecule has 17 heavy (non-hydrogen) atoms. The first-order valence-electron chi connectivity index (χ1n) is 5.77. The van der Waals surface area contributed by atoms with Crippen molar-refractivity contribution in [2.45, 2.75) is 6.42 Å². The van der Waals surface area contributed by atoms with Crippen LogP contribution in [0.4, 0.5) is 5.69 Å². The molecule has 0 spiro atoms. The third-order valence-corrected chi connectivity index (χ3v) is 2.90. The summed E-state index contributed by atoms with van der Waals surface area (Å²) >= 11 is 0. The minimum atomic E-state index is -0.0519. The summed E-state index contributed by atoms with van der Waals surface area (Å²) in [5.74, 6) is -0.0900. The molecule has 1 aromatic carbocycles. The fourth-order valence-corrected chi connectivity index (χ4v) is 1.91. The Morgan fingerprint density at radius 2 is 2.18 bits per heavy atom. The lowest BCUT2D eigenvalue weighted by Crippen LogP contribution is -2.34. The fraction of sp³-hybridized carbons (Fsp3) is 0.417. The van der Waals surface area contributed by atoms with Crippen LogP contribution < -0.4 is 11.1 Å². The minimum Gasteiger partial charge on any atom is -0.506 e. The molecule has 2 rings (SSSR count). The van der Waals surface area contributed by atoms with Gasteiger partial charge in [-0.3, -0.25) is 4.79 Å². The van der Waals surface area contributed by atoms with Crippen molar-refractivity contribution in [3.05, 3.63) is 23.8 Å². The number of aromatic hydroxyl groups is 1. The summed E-state index contributed by atoms with van der Waals surface area (Å²) in [4.78, 5) is 14.0. The second-order valence-corrected chi connectivity index (χ2v) is 4.17. The fourth-order valence-electron chi connectivity index (χ4n) is 1.91. The highest BCUT2D eigenvalue weighted by molar-refractivity contribution is 5.95. The second-order valence-electron chi connectivity index (χ2n) is 4.17. The van der Waals surface area contributed by atoms with Crippen LogP contribution in [0.1, 0.15) is 16.8 Å². The van der Waals surface area contributed by atoms with Gasteiger partial charge in [0.2, 0.25) is 0 Å². The average Bonchev–Trinajstić information content (AvgIpc) is 2.60. The topological polar surface area (TPSA) is 78.6 Å². The number of phenols is 1. The first-order chi connectivity index (χ1) is 8.18. The van der Waals surface area contributed by atoms with Crippen LogP contribution >= 0.6 is 0 Å². The monoisotopic (exact) mass is 235 g/mol. The van der Waals surface area contributed by atoms with E-state index in [0.717, 1.165) is 26.1 Å². The van der Waals surface area contributed by atoms with Gasteiger partial charge in [0.05, 0.1) is 5.69 Å². The SMILES string of the molecule is Nc1ccc(C(=O)N2CCCNCC2)cc1O. The predicted molar refractivity (Wildman–Crippen MR) is 65.9 cm³/mol. The van der Waals surface area contributed by atoms with Crippen LogP contribution in [-0.4, -0.2) is 42.1 Å². The van der Waals surface area contributed by atoms with E-state index in [1.807, 2.05) is 0 Å². The summed E-state index contributed by atoms with van der Waals surface area (Å²) in [5, 5.41) is 12.7. The van der Waals surface area contributed by atoms with Gasteiger partial charge >= 0.3 is 0 Å². The van der Waals surface area contributed by atoms with E-state index in [9.17, 15) is 9.90 Å². The second kappa shape index (κ2) is 5.05. The molecule has 1 aromatic rings. The van der Waals surface area contributed by atoms with Crippen molar-refractivity contribution in [2.75, 3.05) is 31.9 Å². The molecule has 1 heterocycles. The Morgan fingerprint density at radius 1 is 1.35 bits per heavy atom. The van der Waals surface area contributed by atoms with Crippen LogP contribution in [0.5, 0.6) is 5.75 Å². The van der Waals surface area contributed by atoms with Crippen molar-refractivity contribution in [1.82, 2.24) is 10.2 Å². The van der Waals surface area contributed by atoms with Crippen LogP contribution in [0, 0.1) is 0 Å². The molecule has 5 nitrogen and oxygen atoms in total.